The average molecular weight is 201 g/mol. The van der Waals surface area contributed by atoms with Crippen LogP contribution < -0.4 is 5.32 Å². The van der Waals surface area contributed by atoms with Crippen LogP contribution in [0.15, 0.2) is 0 Å². The van der Waals surface area contributed by atoms with Gasteiger partial charge in [0.2, 0.25) is 0 Å². The molecule has 0 rings (SSSR count). The third-order valence-electron chi connectivity index (χ3n) is 1.81. The van der Waals surface area contributed by atoms with Gasteiger partial charge >= 0.3 is 5.97 Å². The molecule has 0 atom stereocenters. The second kappa shape index (κ2) is 6.82. The van der Waals surface area contributed by atoms with Crippen LogP contribution in [0.2, 0.25) is 0 Å². The van der Waals surface area contributed by atoms with Gasteiger partial charge < -0.3 is 10.1 Å². The van der Waals surface area contributed by atoms with Gasteiger partial charge in [-0.2, -0.15) is 0 Å². The number of carbonyl (C=O) groups excluding carboxylic acids is 1. The van der Waals surface area contributed by atoms with Crippen molar-refractivity contribution in [3.05, 3.63) is 0 Å². The first-order chi connectivity index (χ1) is 6.45. The molecule has 0 aromatic heterocycles. The molecule has 0 fully saturated rings. The van der Waals surface area contributed by atoms with Crippen molar-refractivity contribution >= 4 is 5.97 Å². The van der Waals surface area contributed by atoms with Gasteiger partial charge in [0, 0.05) is 0 Å². The molecule has 0 aliphatic rings. The van der Waals surface area contributed by atoms with E-state index in [0.29, 0.717) is 13.2 Å². The number of esters is 1. The van der Waals surface area contributed by atoms with E-state index < -0.39 is 0 Å². The standard InChI is InChI=1S/C11H23NO2/c1-5-7-12-9-10(13)14-8-6-11(2,3)4/h12H,5-9H2,1-4H3. The molecule has 0 aromatic rings. The highest BCUT2D eigenvalue weighted by molar-refractivity contribution is 5.71. The van der Waals surface area contributed by atoms with Gasteiger partial charge in [0.15, 0.2) is 0 Å². The minimum Gasteiger partial charge on any atom is -0.465 e. The van der Waals surface area contributed by atoms with Crippen molar-refractivity contribution < 1.29 is 9.53 Å². The maximum Gasteiger partial charge on any atom is 0.319 e. The summed E-state index contributed by atoms with van der Waals surface area (Å²) in [6, 6.07) is 0. The Morgan fingerprint density at radius 2 is 2.00 bits per heavy atom. The fourth-order valence-corrected chi connectivity index (χ4v) is 0.889. The summed E-state index contributed by atoms with van der Waals surface area (Å²) in [5, 5.41) is 3.01. The SMILES string of the molecule is CCCNCC(=O)OCCC(C)(C)C. The number of carbonyl (C=O) groups is 1. The molecule has 0 heterocycles. The lowest BCUT2D eigenvalue weighted by Crippen LogP contribution is -2.26. The van der Waals surface area contributed by atoms with Crippen molar-refractivity contribution in [3.63, 3.8) is 0 Å². The Hall–Kier alpha value is -0.570. The summed E-state index contributed by atoms with van der Waals surface area (Å²) in [5.41, 5.74) is 0.233. The molecule has 0 saturated heterocycles. The Balaban J connectivity index is 3.36. The maximum absolute atomic E-state index is 11.1. The first kappa shape index (κ1) is 13.4. The van der Waals surface area contributed by atoms with E-state index in [-0.39, 0.29) is 11.4 Å². The van der Waals surface area contributed by atoms with Gasteiger partial charge in [-0.1, -0.05) is 27.7 Å². The fourth-order valence-electron chi connectivity index (χ4n) is 0.889. The van der Waals surface area contributed by atoms with Crippen LogP contribution >= 0.6 is 0 Å². The zero-order chi connectivity index (χ0) is 11.0. The van der Waals surface area contributed by atoms with Crippen LogP contribution in [0.1, 0.15) is 40.5 Å². The highest BCUT2D eigenvalue weighted by Crippen LogP contribution is 2.17. The van der Waals surface area contributed by atoms with Gasteiger partial charge in [-0.15, -0.1) is 0 Å². The van der Waals surface area contributed by atoms with Crippen LogP contribution in [0, 0.1) is 5.41 Å². The molecule has 0 bridgehead atoms. The maximum atomic E-state index is 11.1. The average Bonchev–Trinajstić information content (AvgIpc) is 2.02. The van der Waals surface area contributed by atoms with Gasteiger partial charge in [0.05, 0.1) is 13.2 Å². The summed E-state index contributed by atoms with van der Waals surface area (Å²) in [6.07, 6.45) is 1.95. The molecule has 0 aliphatic carbocycles. The summed E-state index contributed by atoms with van der Waals surface area (Å²) in [6.45, 7) is 10.2. The number of ether oxygens (including phenoxy) is 1. The Kier molecular flexibility index (Phi) is 6.54. The van der Waals surface area contributed by atoms with Gasteiger partial charge in [-0.05, 0) is 24.8 Å². The molecular formula is C11H23NO2. The second-order valence-corrected chi connectivity index (χ2v) is 4.71. The lowest BCUT2D eigenvalue weighted by molar-refractivity contribution is -0.143. The minimum atomic E-state index is -0.150. The Labute approximate surface area is 87.2 Å². The Bertz CT molecular complexity index is 161. The van der Waals surface area contributed by atoms with E-state index in [1.165, 1.54) is 0 Å². The lowest BCUT2D eigenvalue weighted by Gasteiger charge is -2.17. The number of hydrogen-bond donors (Lipinski definition) is 1. The highest BCUT2D eigenvalue weighted by Gasteiger charge is 2.11. The molecule has 3 nitrogen and oxygen atoms in total. The predicted octanol–water partition coefficient (Wildman–Crippen LogP) is 1.97. The van der Waals surface area contributed by atoms with E-state index in [0.717, 1.165) is 19.4 Å². The summed E-state index contributed by atoms with van der Waals surface area (Å²) < 4.78 is 5.06. The predicted molar refractivity (Wildman–Crippen MR) is 58.2 cm³/mol. The zero-order valence-corrected chi connectivity index (χ0v) is 9.85. The lowest BCUT2D eigenvalue weighted by atomic mass is 9.93. The summed E-state index contributed by atoms with van der Waals surface area (Å²) >= 11 is 0. The van der Waals surface area contributed by atoms with Crippen LogP contribution in [-0.4, -0.2) is 25.7 Å². The summed E-state index contributed by atoms with van der Waals surface area (Å²) in [7, 11) is 0. The normalized spacial score (nSPS) is 11.4. The van der Waals surface area contributed by atoms with Gasteiger partial charge in [-0.3, -0.25) is 4.79 Å². The quantitative estimate of drug-likeness (QED) is 0.527. The first-order valence-electron chi connectivity index (χ1n) is 5.32. The Morgan fingerprint density at radius 3 is 2.50 bits per heavy atom. The molecular weight excluding hydrogens is 178 g/mol. The third kappa shape index (κ3) is 9.52. The van der Waals surface area contributed by atoms with Crippen molar-refractivity contribution in [2.24, 2.45) is 5.41 Å². The second-order valence-electron chi connectivity index (χ2n) is 4.71. The summed E-state index contributed by atoms with van der Waals surface area (Å²) in [4.78, 5) is 11.1. The van der Waals surface area contributed by atoms with Gasteiger partial charge in [0.1, 0.15) is 0 Å². The number of hydrogen-bond acceptors (Lipinski definition) is 3. The molecule has 0 amide bonds. The smallest absolute Gasteiger partial charge is 0.319 e. The monoisotopic (exact) mass is 201 g/mol. The first-order valence-corrected chi connectivity index (χ1v) is 5.32. The summed E-state index contributed by atoms with van der Waals surface area (Å²) in [5.74, 6) is -0.150. The van der Waals surface area contributed by atoms with Crippen LogP contribution in [0.4, 0.5) is 0 Å². The van der Waals surface area contributed by atoms with Crippen molar-refractivity contribution in [2.75, 3.05) is 19.7 Å². The largest absolute Gasteiger partial charge is 0.465 e. The van der Waals surface area contributed by atoms with Crippen molar-refractivity contribution in [1.29, 1.82) is 0 Å². The van der Waals surface area contributed by atoms with E-state index in [9.17, 15) is 4.79 Å². The van der Waals surface area contributed by atoms with Gasteiger partial charge in [-0.25, -0.2) is 0 Å². The topological polar surface area (TPSA) is 38.3 Å². The molecule has 1 N–H and O–H groups in total. The zero-order valence-electron chi connectivity index (χ0n) is 9.85. The molecule has 0 radical (unpaired) electrons. The van der Waals surface area contributed by atoms with Crippen molar-refractivity contribution in [2.45, 2.75) is 40.5 Å². The van der Waals surface area contributed by atoms with Crippen LogP contribution in [-0.2, 0) is 9.53 Å². The number of rotatable bonds is 6. The van der Waals surface area contributed by atoms with E-state index in [2.05, 4.69) is 33.0 Å². The highest BCUT2D eigenvalue weighted by atomic mass is 16.5. The third-order valence-corrected chi connectivity index (χ3v) is 1.81. The number of nitrogens with one attached hydrogen (secondary N) is 1. The molecule has 14 heavy (non-hydrogen) atoms. The van der Waals surface area contributed by atoms with Crippen LogP contribution in [0.5, 0.6) is 0 Å². The van der Waals surface area contributed by atoms with E-state index in [1.54, 1.807) is 0 Å². The van der Waals surface area contributed by atoms with Crippen LogP contribution in [0.25, 0.3) is 0 Å². The van der Waals surface area contributed by atoms with Crippen LogP contribution in [0.3, 0.4) is 0 Å². The van der Waals surface area contributed by atoms with E-state index in [4.69, 9.17) is 4.74 Å². The molecule has 3 heteroatoms. The molecule has 0 aromatic carbocycles. The molecule has 84 valence electrons. The molecule has 0 spiro atoms. The van der Waals surface area contributed by atoms with Gasteiger partial charge in [0.25, 0.3) is 0 Å². The molecule has 0 unspecified atom stereocenters. The van der Waals surface area contributed by atoms with Crippen molar-refractivity contribution in [3.8, 4) is 0 Å². The fraction of sp³-hybridized carbons (Fsp3) is 0.909. The minimum absolute atomic E-state index is 0.150. The Morgan fingerprint density at radius 1 is 1.36 bits per heavy atom. The van der Waals surface area contributed by atoms with E-state index in [1.807, 2.05) is 0 Å². The molecule has 0 saturated carbocycles. The molecule has 0 aliphatic heterocycles. The van der Waals surface area contributed by atoms with E-state index >= 15 is 0 Å². The van der Waals surface area contributed by atoms with Crippen molar-refractivity contribution in [1.82, 2.24) is 5.32 Å².